The molecule has 4 heterocycles. The lowest BCUT2D eigenvalue weighted by Gasteiger charge is -2.35. The number of H-pyrrole nitrogens is 1. The molecule has 0 saturated heterocycles. The van der Waals surface area contributed by atoms with E-state index in [0.717, 1.165) is 39.2 Å². The van der Waals surface area contributed by atoms with E-state index in [2.05, 4.69) is 85.1 Å². The van der Waals surface area contributed by atoms with E-state index in [9.17, 15) is 4.79 Å². The van der Waals surface area contributed by atoms with Crippen molar-refractivity contribution in [1.29, 1.82) is 0 Å². The topological polar surface area (TPSA) is 71.7 Å². The molecule has 0 spiro atoms. The highest BCUT2D eigenvalue weighted by Crippen LogP contribution is 2.36. The smallest absolute Gasteiger partial charge is 0.255 e. The van der Waals surface area contributed by atoms with Crippen LogP contribution in [-0.2, 0) is 6.54 Å². The predicted octanol–water partition coefficient (Wildman–Crippen LogP) is 5.25. The summed E-state index contributed by atoms with van der Waals surface area (Å²) in [6, 6.07) is 18.5. The summed E-state index contributed by atoms with van der Waals surface area (Å²) in [7, 11) is 0. The van der Waals surface area contributed by atoms with Crippen LogP contribution in [0.4, 0.5) is 5.95 Å². The Morgan fingerprint density at radius 2 is 1.80 bits per heavy atom. The molecule has 3 aromatic heterocycles. The van der Waals surface area contributed by atoms with E-state index < -0.39 is 0 Å². The summed E-state index contributed by atoms with van der Waals surface area (Å²) in [5, 5.41) is 5.34. The summed E-state index contributed by atoms with van der Waals surface area (Å²) in [4.78, 5) is 23.7. The predicted molar refractivity (Wildman–Crippen MR) is 140 cm³/mol. The number of nitrogens with zero attached hydrogens (tertiary/aromatic N) is 5. The number of rotatable bonds is 4. The number of aromatic nitrogens is 5. The normalized spacial score (nSPS) is 14.7. The van der Waals surface area contributed by atoms with Crippen LogP contribution in [0.15, 0.2) is 78.0 Å². The van der Waals surface area contributed by atoms with E-state index in [0.29, 0.717) is 12.2 Å². The first kappa shape index (κ1) is 21.4. The van der Waals surface area contributed by atoms with Crippen molar-refractivity contribution in [2.75, 3.05) is 4.90 Å². The second-order valence-electron chi connectivity index (χ2n) is 10.1. The largest absolute Gasteiger partial charge is 0.360 e. The Morgan fingerprint density at radius 3 is 2.51 bits per heavy atom. The van der Waals surface area contributed by atoms with E-state index in [1.165, 1.54) is 0 Å². The van der Waals surface area contributed by atoms with Crippen LogP contribution in [0.1, 0.15) is 27.7 Å². The molecular formula is C28H28N6O. The van der Waals surface area contributed by atoms with E-state index in [4.69, 9.17) is 4.98 Å². The van der Waals surface area contributed by atoms with Gasteiger partial charge in [-0.15, -0.1) is 0 Å². The minimum Gasteiger partial charge on any atom is -0.360 e. The molecule has 6 rings (SSSR count). The van der Waals surface area contributed by atoms with Crippen LogP contribution in [0.25, 0.3) is 39.0 Å². The molecule has 1 N–H and O–H groups in total. The third-order valence-electron chi connectivity index (χ3n) is 6.84. The fourth-order valence-corrected chi connectivity index (χ4v) is 5.37. The van der Waals surface area contributed by atoms with Crippen LogP contribution >= 0.6 is 0 Å². The zero-order valence-electron chi connectivity index (χ0n) is 20.4. The van der Waals surface area contributed by atoms with Gasteiger partial charge >= 0.3 is 0 Å². The van der Waals surface area contributed by atoms with Crippen LogP contribution in [0.5, 0.6) is 0 Å². The lowest BCUT2D eigenvalue weighted by Crippen LogP contribution is -2.45. The van der Waals surface area contributed by atoms with Crippen LogP contribution in [0, 0.1) is 0 Å². The third-order valence-corrected chi connectivity index (χ3v) is 6.84. The molecule has 0 atom stereocenters. The average molecular weight is 465 g/mol. The number of benzene rings is 2. The van der Waals surface area contributed by atoms with Gasteiger partial charge in [0.15, 0.2) is 0 Å². The number of hydrogen-bond acceptors (Lipinski definition) is 4. The average Bonchev–Trinajstić information content (AvgIpc) is 3.55. The Balaban J connectivity index is 1.43. The van der Waals surface area contributed by atoms with Crippen LogP contribution in [-0.4, -0.2) is 35.9 Å². The number of anilines is 1. The Labute approximate surface area is 203 Å². The second-order valence-corrected chi connectivity index (χ2v) is 10.1. The molecule has 1 aliphatic heterocycles. The summed E-state index contributed by atoms with van der Waals surface area (Å²) in [6.07, 6.45) is 5.66. The quantitative estimate of drug-likeness (QED) is 0.394. The molecule has 1 aliphatic rings. The molecule has 0 aliphatic carbocycles. The van der Waals surface area contributed by atoms with E-state index in [-0.39, 0.29) is 17.1 Å². The van der Waals surface area contributed by atoms with Gasteiger partial charge in [0.25, 0.3) is 5.56 Å². The Bertz CT molecular complexity index is 1590. The lowest BCUT2D eigenvalue weighted by atomic mass is 10.0. The maximum Gasteiger partial charge on any atom is 0.255 e. The van der Waals surface area contributed by atoms with Gasteiger partial charge < -0.3 is 9.88 Å². The zero-order valence-corrected chi connectivity index (χ0v) is 20.4. The molecule has 0 amide bonds. The highest BCUT2D eigenvalue weighted by atomic mass is 16.1. The van der Waals surface area contributed by atoms with Crippen molar-refractivity contribution in [3.05, 3.63) is 83.5 Å². The Hall–Kier alpha value is -4.13. The van der Waals surface area contributed by atoms with E-state index in [1.807, 2.05) is 23.1 Å². The molecule has 2 aromatic carbocycles. The highest BCUT2D eigenvalue weighted by molar-refractivity contribution is 5.97. The Morgan fingerprint density at radius 1 is 1.03 bits per heavy atom. The number of fused-ring (bicyclic) bond motifs is 2. The number of hydrogen-bond donors (Lipinski definition) is 1. The van der Waals surface area contributed by atoms with Gasteiger partial charge in [-0.1, -0.05) is 18.2 Å². The third kappa shape index (κ3) is 3.46. The SMILES string of the molecule is CC(C)N1c2nc(-c3c[nH]c4ccc(-c5ccc(-n6cccn6)cc5)cc34)cc(=O)n2CC1(C)C. The van der Waals surface area contributed by atoms with Crippen molar-refractivity contribution in [1.82, 2.24) is 24.3 Å². The van der Waals surface area contributed by atoms with Gasteiger partial charge in [-0.05, 0) is 69.2 Å². The van der Waals surface area contributed by atoms with Gasteiger partial charge in [0.05, 0.1) is 23.5 Å². The van der Waals surface area contributed by atoms with Crippen LogP contribution in [0.3, 0.4) is 0 Å². The van der Waals surface area contributed by atoms with Crippen molar-refractivity contribution in [2.24, 2.45) is 0 Å². The first-order chi connectivity index (χ1) is 16.8. The number of nitrogens with one attached hydrogen (secondary N) is 1. The monoisotopic (exact) mass is 464 g/mol. The second kappa shape index (κ2) is 7.70. The van der Waals surface area contributed by atoms with Gasteiger partial charge in [0, 0.05) is 47.2 Å². The molecule has 0 bridgehead atoms. The molecule has 0 saturated carbocycles. The van der Waals surface area contributed by atoms with Gasteiger partial charge in [-0.25, -0.2) is 9.67 Å². The molecule has 0 radical (unpaired) electrons. The molecule has 0 unspecified atom stereocenters. The van der Waals surface area contributed by atoms with Gasteiger partial charge in [0.1, 0.15) is 0 Å². The maximum absolute atomic E-state index is 13.1. The molecule has 7 nitrogen and oxygen atoms in total. The first-order valence-electron chi connectivity index (χ1n) is 11.9. The van der Waals surface area contributed by atoms with Crippen molar-refractivity contribution in [2.45, 2.75) is 45.8 Å². The van der Waals surface area contributed by atoms with Crippen molar-refractivity contribution >= 4 is 16.9 Å². The van der Waals surface area contributed by atoms with Crippen LogP contribution in [0.2, 0.25) is 0 Å². The molecule has 35 heavy (non-hydrogen) atoms. The standard InChI is InChI=1S/C28H28N6O/c1-18(2)34-27-31-25(15-26(35)32(27)17-28(34,3)4)23-16-29-24-11-8-20(14-22(23)24)19-6-9-21(10-7-19)33-13-5-12-30-33/h5-16,18,29H,17H2,1-4H3. The van der Waals surface area contributed by atoms with Crippen molar-refractivity contribution in [3.8, 4) is 28.1 Å². The zero-order chi connectivity index (χ0) is 24.3. The molecule has 0 fully saturated rings. The van der Waals surface area contributed by atoms with Gasteiger partial charge in [0.2, 0.25) is 5.95 Å². The fourth-order valence-electron chi connectivity index (χ4n) is 5.37. The molecule has 176 valence electrons. The molecule has 5 aromatic rings. The Kier molecular flexibility index (Phi) is 4.71. The van der Waals surface area contributed by atoms with E-state index >= 15 is 0 Å². The first-order valence-corrected chi connectivity index (χ1v) is 11.9. The van der Waals surface area contributed by atoms with E-state index in [1.54, 1.807) is 16.8 Å². The summed E-state index contributed by atoms with van der Waals surface area (Å²) in [5.74, 6) is 0.743. The molecule has 7 heteroatoms. The minimum absolute atomic E-state index is 0.0130. The summed E-state index contributed by atoms with van der Waals surface area (Å²) >= 11 is 0. The van der Waals surface area contributed by atoms with Gasteiger partial charge in [-0.3, -0.25) is 9.36 Å². The summed E-state index contributed by atoms with van der Waals surface area (Å²) < 4.78 is 3.64. The van der Waals surface area contributed by atoms with Crippen molar-refractivity contribution in [3.63, 3.8) is 0 Å². The summed E-state index contributed by atoms with van der Waals surface area (Å²) in [5.41, 5.74) is 5.70. The minimum atomic E-state index is -0.165. The van der Waals surface area contributed by atoms with Crippen molar-refractivity contribution < 1.29 is 0 Å². The highest BCUT2D eigenvalue weighted by Gasteiger charge is 2.39. The fraction of sp³-hybridized carbons (Fsp3) is 0.250. The number of aromatic amines is 1. The summed E-state index contributed by atoms with van der Waals surface area (Å²) in [6.45, 7) is 9.25. The van der Waals surface area contributed by atoms with Gasteiger partial charge in [-0.2, -0.15) is 5.10 Å². The molecular weight excluding hydrogens is 436 g/mol. The van der Waals surface area contributed by atoms with Crippen LogP contribution < -0.4 is 10.5 Å². The maximum atomic E-state index is 13.1. The lowest BCUT2D eigenvalue weighted by molar-refractivity contribution is 0.425.